The van der Waals surface area contributed by atoms with Gasteiger partial charge in [0, 0.05) is 6.20 Å². The third-order valence-corrected chi connectivity index (χ3v) is 2.49. The number of aromatic nitrogens is 2. The summed E-state index contributed by atoms with van der Waals surface area (Å²) in [5, 5.41) is 18.0. The lowest BCUT2D eigenvalue weighted by Crippen LogP contribution is -2.47. The van der Waals surface area contributed by atoms with Crippen LogP contribution in [0.2, 0.25) is 0 Å². The van der Waals surface area contributed by atoms with Crippen LogP contribution in [0.1, 0.15) is 13.2 Å². The number of hydrogen-bond acceptors (Lipinski definition) is 6. The molecule has 0 aliphatic heterocycles. The minimum absolute atomic E-state index is 0.0179. The molecule has 19 heavy (non-hydrogen) atoms. The number of nitrogen functional groups attached to an aromatic ring is 1. The van der Waals surface area contributed by atoms with Gasteiger partial charge in [0.2, 0.25) is 12.0 Å². The molecule has 1 aromatic heterocycles. The number of halogens is 1. The Morgan fingerprint density at radius 1 is 1.79 bits per heavy atom. The maximum Gasteiger partial charge on any atom is 0.351 e. The van der Waals surface area contributed by atoms with E-state index in [1.165, 1.54) is 19.2 Å². The Hall–Kier alpha value is -1.95. The van der Waals surface area contributed by atoms with Crippen LogP contribution in [0.3, 0.4) is 0 Å². The van der Waals surface area contributed by atoms with E-state index in [1.54, 1.807) is 0 Å². The molecule has 1 rings (SSSR count). The van der Waals surface area contributed by atoms with Crippen molar-refractivity contribution in [2.24, 2.45) is 0 Å². The molecule has 0 aliphatic rings. The largest absolute Gasteiger partial charge is 0.392 e. The average molecular weight is 271 g/mol. The van der Waals surface area contributed by atoms with E-state index < -0.39 is 30.5 Å². The van der Waals surface area contributed by atoms with Gasteiger partial charge in [0.1, 0.15) is 12.0 Å². The highest BCUT2D eigenvalue weighted by Crippen LogP contribution is 2.22. The van der Waals surface area contributed by atoms with Gasteiger partial charge in [-0.25, -0.2) is 9.18 Å². The molecular formula is C11H14FN3O4. The Bertz CT molecular complexity index is 539. The number of nitrogens with zero attached hydrogens (tertiary/aromatic N) is 2. The second-order valence-corrected chi connectivity index (χ2v) is 3.79. The van der Waals surface area contributed by atoms with E-state index in [2.05, 4.69) is 4.98 Å². The van der Waals surface area contributed by atoms with Gasteiger partial charge in [0.25, 0.3) is 0 Å². The van der Waals surface area contributed by atoms with Gasteiger partial charge in [-0.3, -0.25) is 4.57 Å². The minimum atomic E-state index is -2.61. The maximum atomic E-state index is 13.1. The Labute approximate surface area is 108 Å². The quantitative estimate of drug-likeness (QED) is 0.593. The van der Waals surface area contributed by atoms with Crippen molar-refractivity contribution in [3.05, 3.63) is 22.7 Å². The minimum Gasteiger partial charge on any atom is -0.392 e. The predicted molar refractivity (Wildman–Crippen MR) is 64.5 cm³/mol. The fraction of sp³-hybridized carbons (Fsp3) is 0.455. The zero-order chi connectivity index (χ0) is 14.6. The van der Waals surface area contributed by atoms with Gasteiger partial charge in [-0.2, -0.15) is 4.98 Å². The van der Waals surface area contributed by atoms with Crippen LogP contribution in [0.15, 0.2) is 17.1 Å². The molecule has 3 atom stereocenters. The molecule has 0 saturated carbocycles. The first kappa shape index (κ1) is 15.1. The summed E-state index contributed by atoms with van der Waals surface area (Å²) in [6.45, 7) is 0.423. The molecule has 8 heteroatoms. The number of aliphatic hydroxyl groups excluding tert-OH is 2. The molecular weight excluding hydrogens is 257 g/mol. The highest BCUT2D eigenvalue weighted by atomic mass is 19.1. The molecule has 0 radical (unpaired) electrons. The summed E-state index contributed by atoms with van der Waals surface area (Å²) >= 11 is 0. The first-order valence-corrected chi connectivity index (χ1v) is 5.29. The van der Waals surface area contributed by atoms with E-state index in [4.69, 9.17) is 27.1 Å². The van der Waals surface area contributed by atoms with Crippen LogP contribution in [-0.4, -0.2) is 38.3 Å². The number of alkyl halides is 1. The van der Waals surface area contributed by atoms with Gasteiger partial charge >= 0.3 is 5.69 Å². The van der Waals surface area contributed by atoms with Gasteiger partial charge < -0.3 is 20.7 Å². The standard InChI is InChI=1S/C11H14FN3O4/c1-3-11(6-16,9(12)17)19-7(2)15-5-4-8(13)14-10(15)18/h1,4-5,7,9,16-17H,6H2,2H3,(H2,13,14,18)/t7-,9-,11?/m1/s1. The van der Waals surface area contributed by atoms with E-state index >= 15 is 0 Å². The fourth-order valence-corrected chi connectivity index (χ4v) is 1.38. The normalized spacial score (nSPS) is 17.2. The smallest absolute Gasteiger partial charge is 0.351 e. The van der Waals surface area contributed by atoms with E-state index in [9.17, 15) is 9.18 Å². The summed E-state index contributed by atoms with van der Waals surface area (Å²) in [5.74, 6) is 1.86. The molecule has 4 N–H and O–H groups in total. The van der Waals surface area contributed by atoms with Crippen LogP contribution in [0.5, 0.6) is 0 Å². The summed E-state index contributed by atoms with van der Waals surface area (Å²) in [6, 6.07) is 1.34. The topological polar surface area (TPSA) is 111 Å². The van der Waals surface area contributed by atoms with Crippen molar-refractivity contribution >= 4 is 5.82 Å². The highest BCUT2D eigenvalue weighted by molar-refractivity contribution is 5.23. The molecule has 0 fully saturated rings. The zero-order valence-electron chi connectivity index (χ0n) is 10.2. The third kappa shape index (κ3) is 3.08. The van der Waals surface area contributed by atoms with Crippen molar-refractivity contribution in [2.45, 2.75) is 25.1 Å². The van der Waals surface area contributed by atoms with E-state index in [0.29, 0.717) is 0 Å². The monoisotopic (exact) mass is 271 g/mol. The molecule has 104 valence electrons. The first-order chi connectivity index (χ1) is 8.86. The number of anilines is 1. The van der Waals surface area contributed by atoms with Crippen molar-refractivity contribution in [3.63, 3.8) is 0 Å². The van der Waals surface area contributed by atoms with Gasteiger partial charge in [0.05, 0.1) is 6.61 Å². The van der Waals surface area contributed by atoms with Crippen LogP contribution in [-0.2, 0) is 4.74 Å². The van der Waals surface area contributed by atoms with Crippen LogP contribution in [0, 0.1) is 12.3 Å². The highest BCUT2D eigenvalue weighted by Gasteiger charge is 2.39. The summed E-state index contributed by atoms with van der Waals surface area (Å²) in [7, 11) is 0. The summed E-state index contributed by atoms with van der Waals surface area (Å²) in [5.41, 5.74) is 2.34. The Morgan fingerprint density at radius 2 is 2.42 bits per heavy atom. The van der Waals surface area contributed by atoms with E-state index in [1.807, 2.05) is 5.92 Å². The lowest BCUT2D eigenvalue weighted by atomic mass is 10.1. The van der Waals surface area contributed by atoms with Gasteiger partial charge in [-0.15, -0.1) is 6.42 Å². The summed E-state index contributed by atoms with van der Waals surface area (Å²) in [4.78, 5) is 15.0. The molecule has 0 amide bonds. The van der Waals surface area contributed by atoms with Crippen molar-refractivity contribution in [1.29, 1.82) is 0 Å². The second-order valence-electron chi connectivity index (χ2n) is 3.79. The average Bonchev–Trinajstić information content (AvgIpc) is 2.35. The van der Waals surface area contributed by atoms with Crippen molar-refractivity contribution in [3.8, 4) is 12.3 Å². The third-order valence-electron chi connectivity index (χ3n) is 2.49. The number of rotatable bonds is 5. The lowest BCUT2D eigenvalue weighted by Gasteiger charge is -2.30. The van der Waals surface area contributed by atoms with Crippen molar-refractivity contribution in [1.82, 2.24) is 9.55 Å². The van der Waals surface area contributed by atoms with Gasteiger partial charge in [-0.1, -0.05) is 5.92 Å². The Morgan fingerprint density at radius 3 is 2.84 bits per heavy atom. The van der Waals surface area contributed by atoms with E-state index in [-0.39, 0.29) is 5.82 Å². The van der Waals surface area contributed by atoms with Crippen LogP contribution in [0.4, 0.5) is 10.2 Å². The van der Waals surface area contributed by atoms with Crippen molar-refractivity contribution < 1.29 is 19.3 Å². The summed E-state index contributed by atoms with van der Waals surface area (Å²) < 4.78 is 19.1. The van der Waals surface area contributed by atoms with Crippen LogP contribution in [0.25, 0.3) is 0 Å². The molecule has 1 heterocycles. The molecule has 0 aliphatic carbocycles. The van der Waals surface area contributed by atoms with Crippen molar-refractivity contribution in [2.75, 3.05) is 12.3 Å². The Balaban J connectivity index is 3.05. The fourth-order valence-electron chi connectivity index (χ4n) is 1.38. The maximum absolute atomic E-state index is 13.1. The molecule has 0 bridgehead atoms. The first-order valence-electron chi connectivity index (χ1n) is 5.29. The molecule has 1 unspecified atom stereocenters. The molecule has 0 saturated heterocycles. The van der Waals surface area contributed by atoms with E-state index in [0.717, 1.165) is 4.57 Å². The van der Waals surface area contributed by atoms with Crippen LogP contribution < -0.4 is 11.4 Å². The predicted octanol–water partition coefficient (Wildman–Crippen LogP) is -0.987. The molecule has 1 aromatic rings. The summed E-state index contributed by atoms with van der Waals surface area (Å²) in [6.07, 6.45) is 2.66. The SMILES string of the molecule is C#CC(CO)(O[C@H](C)n1ccc(N)nc1=O)[C@@H](O)F. The molecule has 7 nitrogen and oxygen atoms in total. The number of ether oxygens (including phenoxy) is 1. The number of hydrogen-bond donors (Lipinski definition) is 3. The van der Waals surface area contributed by atoms with Crippen LogP contribution >= 0.6 is 0 Å². The zero-order valence-corrected chi connectivity index (χ0v) is 10.2. The molecule has 0 spiro atoms. The number of aliphatic hydroxyl groups is 2. The van der Waals surface area contributed by atoms with Gasteiger partial charge in [0.15, 0.2) is 0 Å². The number of terminal acetylenes is 1. The lowest BCUT2D eigenvalue weighted by molar-refractivity contribution is -0.196. The Kier molecular flexibility index (Phi) is 4.61. The second kappa shape index (κ2) is 5.79. The van der Waals surface area contributed by atoms with Gasteiger partial charge in [-0.05, 0) is 13.0 Å². The number of nitrogens with two attached hydrogens (primary N) is 1. The molecule has 0 aromatic carbocycles.